The number of nitrogens with zero attached hydrogens (tertiary/aromatic N) is 1. The maximum Gasteiger partial charge on any atom is 0.339 e. The molecule has 0 aliphatic rings. The van der Waals surface area contributed by atoms with Crippen molar-refractivity contribution in [2.45, 2.75) is 0 Å². The van der Waals surface area contributed by atoms with Crippen LogP contribution in [-0.4, -0.2) is 21.2 Å². The normalized spacial score (nSPS) is 9.88. The fourth-order valence-corrected chi connectivity index (χ4v) is 1.28. The largest absolute Gasteiger partial charge is 0.507 e. The van der Waals surface area contributed by atoms with Gasteiger partial charge >= 0.3 is 5.97 Å². The third kappa shape index (κ3) is 2.52. The van der Waals surface area contributed by atoms with E-state index in [0.29, 0.717) is 11.6 Å². The fraction of sp³-hybridized carbons (Fsp3) is 0. The number of ether oxygens (including phenoxy) is 1. The highest BCUT2D eigenvalue weighted by atomic mass is 16.5. The summed E-state index contributed by atoms with van der Waals surface area (Å²) in [6.07, 6.45) is 1.57. The Hall–Kier alpha value is -2.56. The second kappa shape index (κ2) is 4.52. The SMILES string of the molecule is O=C(O)c1ccc(Oc2ccccn2)cc1O. The highest BCUT2D eigenvalue weighted by Crippen LogP contribution is 2.26. The monoisotopic (exact) mass is 231 g/mol. The number of carboxylic acids is 1. The van der Waals surface area contributed by atoms with Crippen LogP contribution >= 0.6 is 0 Å². The van der Waals surface area contributed by atoms with Gasteiger partial charge in [0.2, 0.25) is 5.88 Å². The molecular formula is C12H9NO4. The molecule has 2 aromatic rings. The van der Waals surface area contributed by atoms with Crippen molar-refractivity contribution in [1.29, 1.82) is 0 Å². The van der Waals surface area contributed by atoms with Gasteiger partial charge in [0.25, 0.3) is 0 Å². The maximum absolute atomic E-state index is 10.7. The van der Waals surface area contributed by atoms with E-state index in [1.54, 1.807) is 24.4 Å². The van der Waals surface area contributed by atoms with Crippen molar-refractivity contribution < 1.29 is 19.7 Å². The van der Waals surface area contributed by atoms with Gasteiger partial charge < -0.3 is 14.9 Å². The third-order valence-corrected chi connectivity index (χ3v) is 2.06. The van der Waals surface area contributed by atoms with E-state index >= 15 is 0 Å². The number of aromatic nitrogens is 1. The van der Waals surface area contributed by atoms with Gasteiger partial charge in [-0.1, -0.05) is 6.07 Å². The first kappa shape index (κ1) is 10.9. The Labute approximate surface area is 96.9 Å². The van der Waals surface area contributed by atoms with Gasteiger partial charge in [-0.3, -0.25) is 0 Å². The lowest BCUT2D eigenvalue weighted by Gasteiger charge is -2.05. The van der Waals surface area contributed by atoms with E-state index in [1.807, 2.05) is 0 Å². The first-order valence-corrected chi connectivity index (χ1v) is 4.82. The second-order valence-electron chi connectivity index (χ2n) is 3.25. The van der Waals surface area contributed by atoms with E-state index in [-0.39, 0.29) is 11.3 Å². The molecule has 5 nitrogen and oxygen atoms in total. The van der Waals surface area contributed by atoms with Gasteiger partial charge in [0.05, 0.1) is 0 Å². The molecule has 86 valence electrons. The molecule has 0 fully saturated rings. The Morgan fingerprint density at radius 2 is 2.06 bits per heavy atom. The molecule has 1 aromatic carbocycles. The average molecular weight is 231 g/mol. The Morgan fingerprint density at radius 3 is 2.65 bits per heavy atom. The van der Waals surface area contributed by atoms with Crippen LogP contribution in [0.2, 0.25) is 0 Å². The lowest BCUT2D eigenvalue weighted by atomic mass is 10.2. The summed E-state index contributed by atoms with van der Waals surface area (Å²) >= 11 is 0. The molecule has 0 aliphatic heterocycles. The van der Waals surface area contributed by atoms with Gasteiger partial charge in [-0.05, 0) is 18.2 Å². The van der Waals surface area contributed by atoms with Crippen LogP contribution in [0, 0.1) is 0 Å². The van der Waals surface area contributed by atoms with Gasteiger partial charge in [0.1, 0.15) is 17.1 Å². The predicted molar refractivity (Wildman–Crippen MR) is 59.4 cm³/mol. The molecule has 0 saturated carbocycles. The summed E-state index contributed by atoms with van der Waals surface area (Å²) in [6.45, 7) is 0. The summed E-state index contributed by atoms with van der Waals surface area (Å²) in [7, 11) is 0. The van der Waals surface area contributed by atoms with Gasteiger partial charge in [0, 0.05) is 18.3 Å². The van der Waals surface area contributed by atoms with Gasteiger partial charge in [-0.15, -0.1) is 0 Å². The van der Waals surface area contributed by atoms with E-state index in [1.165, 1.54) is 18.2 Å². The molecule has 0 spiro atoms. The van der Waals surface area contributed by atoms with Crippen molar-refractivity contribution in [3.63, 3.8) is 0 Å². The number of pyridine rings is 1. The minimum Gasteiger partial charge on any atom is -0.507 e. The minimum absolute atomic E-state index is 0.168. The number of benzene rings is 1. The summed E-state index contributed by atoms with van der Waals surface area (Å²) in [5.74, 6) is -0.834. The molecule has 2 rings (SSSR count). The van der Waals surface area contributed by atoms with Crippen LogP contribution in [0.3, 0.4) is 0 Å². The van der Waals surface area contributed by atoms with Crippen LogP contribution in [0.1, 0.15) is 10.4 Å². The Morgan fingerprint density at radius 1 is 1.24 bits per heavy atom. The topological polar surface area (TPSA) is 79.7 Å². The van der Waals surface area contributed by atoms with Crippen LogP contribution in [0.4, 0.5) is 0 Å². The zero-order valence-corrected chi connectivity index (χ0v) is 8.70. The number of rotatable bonds is 3. The molecule has 0 unspecified atom stereocenters. The standard InChI is InChI=1S/C12H9NO4/c14-10-7-8(4-5-9(10)12(15)16)17-11-3-1-2-6-13-11/h1-7,14H,(H,15,16). The highest BCUT2D eigenvalue weighted by molar-refractivity contribution is 5.90. The summed E-state index contributed by atoms with van der Waals surface area (Å²) in [4.78, 5) is 14.6. The lowest BCUT2D eigenvalue weighted by Crippen LogP contribution is -1.96. The number of carbonyl (C=O) groups is 1. The quantitative estimate of drug-likeness (QED) is 0.847. The number of hydrogen-bond acceptors (Lipinski definition) is 4. The number of aromatic hydroxyl groups is 1. The lowest BCUT2D eigenvalue weighted by molar-refractivity contribution is 0.0693. The predicted octanol–water partition coefficient (Wildman–Crippen LogP) is 2.28. The summed E-state index contributed by atoms with van der Waals surface area (Å²) < 4.78 is 5.33. The van der Waals surface area contributed by atoms with Crippen LogP contribution in [0.5, 0.6) is 17.4 Å². The van der Waals surface area contributed by atoms with Crippen LogP contribution in [-0.2, 0) is 0 Å². The molecular weight excluding hydrogens is 222 g/mol. The van der Waals surface area contributed by atoms with Crippen molar-refractivity contribution >= 4 is 5.97 Å². The van der Waals surface area contributed by atoms with Crippen molar-refractivity contribution in [2.75, 3.05) is 0 Å². The molecule has 0 aliphatic carbocycles. The Bertz CT molecular complexity index is 539. The summed E-state index contributed by atoms with van der Waals surface area (Å²) in [5.41, 5.74) is -0.168. The number of hydrogen-bond donors (Lipinski definition) is 2. The number of aromatic carboxylic acids is 1. The Balaban J connectivity index is 2.24. The molecule has 0 saturated heterocycles. The zero-order chi connectivity index (χ0) is 12.3. The number of phenols is 1. The van der Waals surface area contributed by atoms with Crippen LogP contribution in [0.25, 0.3) is 0 Å². The first-order valence-electron chi connectivity index (χ1n) is 4.82. The van der Waals surface area contributed by atoms with Crippen molar-refractivity contribution in [3.8, 4) is 17.4 Å². The van der Waals surface area contributed by atoms with Gasteiger partial charge in [0.15, 0.2) is 0 Å². The zero-order valence-electron chi connectivity index (χ0n) is 8.70. The molecule has 17 heavy (non-hydrogen) atoms. The van der Waals surface area contributed by atoms with Crippen LogP contribution in [0.15, 0.2) is 42.6 Å². The van der Waals surface area contributed by atoms with E-state index < -0.39 is 5.97 Å². The number of carboxylic acid groups (broad SMARTS) is 1. The Kier molecular flexibility index (Phi) is 2.91. The maximum atomic E-state index is 10.7. The molecule has 0 amide bonds. The van der Waals surface area contributed by atoms with E-state index in [4.69, 9.17) is 9.84 Å². The van der Waals surface area contributed by atoms with E-state index in [9.17, 15) is 9.90 Å². The van der Waals surface area contributed by atoms with Gasteiger partial charge in [-0.25, -0.2) is 9.78 Å². The summed E-state index contributed by atoms with van der Waals surface area (Å²) in [5, 5.41) is 18.2. The molecule has 0 radical (unpaired) electrons. The average Bonchev–Trinajstić information content (AvgIpc) is 2.30. The van der Waals surface area contributed by atoms with E-state index in [2.05, 4.69) is 4.98 Å². The molecule has 5 heteroatoms. The van der Waals surface area contributed by atoms with Crippen LogP contribution < -0.4 is 4.74 Å². The van der Waals surface area contributed by atoms with Gasteiger partial charge in [-0.2, -0.15) is 0 Å². The van der Waals surface area contributed by atoms with Crippen molar-refractivity contribution in [1.82, 2.24) is 4.98 Å². The molecule has 0 bridgehead atoms. The van der Waals surface area contributed by atoms with Crippen molar-refractivity contribution in [2.24, 2.45) is 0 Å². The van der Waals surface area contributed by atoms with E-state index in [0.717, 1.165) is 0 Å². The third-order valence-electron chi connectivity index (χ3n) is 2.06. The fourth-order valence-electron chi connectivity index (χ4n) is 1.28. The second-order valence-corrected chi connectivity index (χ2v) is 3.25. The smallest absolute Gasteiger partial charge is 0.339 e. The molecule has 1 heterocycles. The molecule has 2 N–H and O–H groups in total. The first-order chi connectivity index (χ1) is 8.16. The molecule has 0 atom stereocenters. The summed E-state index contributed by atoms with van der Waals surface area (Å²) in [6, 6.07) is 9.12. The molecule has 1 aromatic heterocycles. The minimum atomic E-state index is -1.19. The highest BCUT2D eigenvalue weighted by Gasteiger charge is 2.10. The van der Waals surface area contributed by atoms with Crippen molar-refractivity contribution in [3.05, 3.63) is 48.2 Å².